The molecule has 0 aromatic heterocycles. The molecule has 0 fully saturated rings. The summed E-state index contributed by atoms with van der Waals surface area (Å²) in [6, 6.07) is 4.76. The Morgan fingerprint density at radius 1 is 1.53 bits per heavy atom. The molecule has 0 unspecified atom stereocenters. The predicted molar refractivity (Wildman–Crippen MR) is 53.9 cm³/mol. The van der Waals surface area contributed by atoms with E-state index >= 15 is 0 Å². The van der Waals surface area contributed by atoms with Crippen LogP contribution in [0.4, 0.5) is 0 Å². The van der Waals surface area contributed by atoms with Gasteiger partial charge in [-0.2, -0.15) is 0 Å². The average molecular weight is 206 g/mol. The summed E-state index contributed by atoms with van der Waals surface area (Å²) >= 11 is 0. The summed E-state index contributed by atoms with van der Waals surface area (Å²) in [7, 11) is 1.39. The highest BCUT2D eigenvalue weighted by Crippen LogP contribution is 2.21. The highest BCUT2D eigenvalue weighted by molar-refractivity contribution is 5.94. The number of rotatable bonds is 2. The van der Waals surface area contributed by atoms with Gasteiger partial charge in [0.15, 0.2) is 0 Å². The van der Waals surface area contributed by atoms with E-state index in [9.17, 15) is 4.79 Å². The summed E-state index contributed by atoms with van der Waals surface area (Å²) in [4.78, 5) is 11.0. The third-order valence-corrected chi connectivity index (χ3v) is 1.76. The van der Waals surface area contributed by atoms with Gasteiger partial charge in [0.05, 0.1) is 7.11 Å². The minimum Gasteiger partial charge on any atom is -0.496 e. The first-order chi connectivity index (χ1) is 7.20. The summed E-state index contributed by atoms with van der Waals surface area (Å²) in [6.45, 7) is -0.309. The molecule has 1 rings (SSSR count). The normalized spacial score (nSPS) is 8.93. The van der Waals surface area contributed by atoms with Gasteiger partial charge in [0.1, 0.15) is 17.9 Å². The fraction of sp³-hybridized carbons (Fsp3) is 0.182. The van der Waals surface area contributed by atoms with Crippen molar-refractivity contribution in [3.63, 3.8) is 0 Å². The number of benzene rings is 1. The van der Waals surface area contributed by atoms with Crippen LogP contribution >= 0.6 is 0 Å². The zero-order valence-electron chi connectivity index (χ0n) is 8.15. The lowest BCUT2D eigenvalue weighted by atomic mass is 10.1. The predicted octanol–water partition coefficient (Wildman–Crippen LogP) is 0.737. The molecular formula is C11H10O4. The lowest BCUT2D eigenvalue weighted by Gasteiger charge is -2.05. The van der Waals surface area contributed by atoms with Gasteiger partial charge in [-0.15, -0.1) is 0 Å². The zero-order chi connectivity index (χ0) is 11.3. The van der Waals surface area contributed by atoms with E-state index in [1.165, 1.54) is 7.11 Å². The Kier molecular flexibility index (Phi) is 3.72. The maximum atomic E-state index is 11.0. The highest BCUT2D eigenvalue weighted by atomic mass is 16.5. The van der Waals surface area contributed by atoms with Crippen molar-refractivity contribution in [3.05, 3.63) is 29.3 Å². The number of carbonyl (C=O) groups is 1. The van der Waals surface area contributed by atoms with Gasteiger partial charge >= 0.3 is 5.97 Å². The molecule has 0 aliphatic carbocycles. The van der Waals surface area contributed by atoms with E-state index in [2.05, 4.69) is 11.8 Å². The van der Waals surface area contributed by atoms with Crippen molar-refractivity contribution in [2.45, 2.75) is 0 Å². The molecule has 0 heterocycles. The third-order valence-electron chi connectivity index (χ3n) is 1.76. The van der Waals surface area contributed by atoms with Crippen LogP contribution in [-0.4, -0.2) is 29.9 Å². The van der Waals surface area contributed by atoms with Crippen molar-refractivity contribution >= 4 is 5.97 Å². The van der Waals surface area contributed by atoms with Gasteiger partial charge in [0.25, 0.3) is 0 Å². The van der Waals surface area contributed by atoms with Crippen molar-refractivity contribution in [3.8, 4) is 17.6 Å². The molecule has 2 N–H and O–H groups in total. The molecule has 0 atom stereocenters. The van der Waals surface area contributed by atoms with Crippen molar-refractivity contribution < 1.29 is 19.7 Å². The fourth-order valence-corrected chi connectivity index (χ4v) is 1.16. The molecule has 0 bridgehead atoms. The number of hydrogen-bond donors (Lipinski definition) is 2. The van der Waals surface area contributed by atoms with Gasteiger partial charge < -0.3 is 14.9 Å². The van der Waals surface area contributed by atoms with Crippen LogP contribution in [0.3, 0.4) is 0 Å². The topological polar surface area (TPSA) is 66.8 Å². The molecule has 0 saturated carbocycles. The maximum Gasteiger partial charge on any atom is 0.340 e. The van der Waals surface area contributed by atoms with Crippen LogP contribution in [0.25, 0.3) is 0 Å². The van der Waals surface area contributed by atoms with E-state index in [0.29, 0.717) is 5.56 Å². The maximum absolute atomic E-state index is 11.0. The van der Waals surface area contributed by atoms with Crippen molar-refractivity contribution in [1.82, 2.24) is 0 Å². The molecule has 0 spiro atoms. The summed E-state index contributed by atoms with van der Waals surface area (Å²) < 4.78 is 4.92. The Bertz CT molecular complexity index is 426. The average Bonchev–Trinajstić information content (AvgIpc) is 2.25. The lowest BCUT2D eigenvalue weighted by Crippen LogP contribution is -2.03. The molecule has 15 heavy (non-hydrogen) atoms. The number of hydrogen-bond acceptors (Lipinski definition) is 3. The van der Waals surface area contributed by atoms with Crippen molar-refractivity contribution in [2.75, 3.05) is 13.7 Å². The number of carboxylic acid groups (broad SMARTS) is 1. The van der Waals surface area contributed by atoms with Crippen LogP contribution in [0.2, 0.25) is 0 Å². The summed E-state index contributed by atoms with van der Waals surface area (Å²) in [6.07, 6.45) is 0. The van der Waals surface area contributed by atoms with E-state index < -0.39 is 5.97 Å². The summed E-state index contributed by atoms with van der Waals surface area (Å²) in [5.74, 6) is 4.11. The Morgan fingerprint density at radius 3 is 2.80 bits per heavy atom. The first kappa shape index (κ1) is 11.1. The Hall–Kier alpha value is -1.99. The molecule has 1 aromatic carbocycles. The third kappa shape index (κ3) is 2.48. The van der Waals surface area contributed by atoms with E-state index in [4.69, 9.17) is 14.9 Å². The molecule has 0 aliphatic rings. The molecule has 1 aromatic rings. The number of aromatic carboxylic acids is 1. The van der Waals surface area contributed by atoms with Crippen molar-refractivity contribution in [2.24, 2.45) is 0 Å². The minimum absolute atomic E-state index is 0.0148. The number of carboxylic acids is 1. The number of methoxy groups -OCH3 is 1. The first-order valence-corrected chi connectivity index (χ1v) is 4.20. The van der Waals surface area contributed by atoms with Crippen LogP contribution in [0.15, 0.2) is 18.2 Å². The zero-order valence-corrected chi connectivity index (χ0v) is 8.15. The van der Waals surface area contributed by atoms with E-state index in [1.807, 2.05) is 0 Å². The molecule has 0 radical (unpaired) electrons. The Morgan fingerprint density at radius 2 is 2.27 bits per heavy atom. The summed E-state index contributed by atoms with van der Waals surface area (Å²) in [5, 5.41) is 17.5. The van der Waals surface area contributed by atoms with E-state index in [-0.39, 0.29) is 17.9 Å². The van der Waals surface area contributed by atoms with Gasteiger partial charge in [-0.05, 0) is 12.1 Å². The van der Waals surface area contributed by atoms with E-state index in [1.54, 1.807) is 18.2 Å². The first-order valence-electron chi connectivity index (χ1n) is 4.20. The monoisotopic (exact) mass is 206 g/mol. The Labute approximate surface area is 87.1 Å². The smallest absolute Gasteiger partial charge is 0.340 e. The van der Waals surface area contributed by atoms with Crippen LogP contribution in [0.5, 0.6) is 5.75 Å². The van der Waals surface area contributed by atoms with Gasteiger partial charge in [0.2, 0.25) is 0 Å². The SMILES string of the molecule is COc1cccc(C#CCO)c1C(=O)O. The van der Waals surface area contributed by atoms with Gasteiger partial charge in [-0.3, -0.25) is 0 Å². The second-order valence-electron chi connectivity index (χ2n) is 2.65. The molecule has 4 heteroatoms. The van der Waals surface area contributed by atoms with Gasteiger partial charge in [-0.1, -0.05) is 17.9 Å². The second kappa shape index (κ2) is 5.03. The van der Waals surface area contributed by atoms with Gasteiger partial charge in [-0.25, -0.2) is 4.79 Å². The molecular weight excluding hydrogens is 196 g/mol. The van der Waals surface area contributed by atoms with Crippen molar-refractivity contribution in [1.29, 1.82) is 0 Å². The van der Waals surface area contributed by atoms with Crippen LogP contribution < -0.4 is 4.74 Å². The highest BCUT2D eigenvalue weighted by Gasteiger charge is 2.14. The van der Waals surface area contributed by atoms with Crippen LogP contribution in [-0.2, 0) is 0 Å². The Balaban J connectivity index is 3.31. The lowest BCUT2D eigenvalue weighted by molar-refractivity contribution is 0.0693. The largest absolute Gasteiger partial charge is 0.496 e. The van der Waals surface area contributed by atoms with Crippen LogP contribution in [0.1, 0.15) is 15.9 Å². The van der Waals surface area contributed by atoms with Crippen LogP contribution in [0, 0.1) is 11.8 Å². The molecule has 78 valence electrons. The minimum atomic E-state index is -1.10. The standard InChI is InChI=1S/C11H10O4/c1-15-9-6-2-4-8(5-3-7-12)10(9)11(13)14/h2,4,6,12H,7H2,1H3,(H,13,14). The number of aliphatic hydroxyl groups excluding tert-OH is 1. The number of aliphatic hydroxyl groups is 1. The number of ether oxygens (including phenoxy) is 1. The van der Waals surface area contributed by atoms with Gasteiger partial charge in [0, 0.05) is 5.56 Å². The second-order valence-corrected chi connectivity index (χ2v) is 2.65. The molecule has 0 amide bonds. The molecule has 0 saturated heterocycles. The van der Waals surface area contributed by atoms with E-state index in [0.717, 1.165) is 0 Å². The molecule has 0 aliphatic heterocycles. The quantitative estimate of drug-likeness (QED) is 0.700. The molecule has 4 nitrogen and oxygen atoms in total. The fourth-order valence-electron chi connectivity index (χ4n) is 1.16. The summed E-state index contributed by atoms with van der Waals surface area (Å²) in [5.41, 5.74) is 0.344.